The van der Waals surface area contributed by atoms with Crippen LogP contribution in [-0.4, -0.2) is 230 Å². The quantitative estimate of drug-likeness (QED) is 0.0191. The number of nitrogens with two attached hydrogens (primary N) is 1. The number of aliphatic hydroxyl groups is 1. The highest BCUT2D eigenvalue weighted by molar-refractivity contribution is 8.16. The number of hydrogen-bond acceptors (Lipinski definition) is 33. The summed E-state index contributed by atoms with van der Waals surface area (Å²) in [6.07, 6.45) is 1.68. The first-order chi connectivity index (χ1) is 52.6. The van der Waals surface area contributed by atoms with Gasteiger partial charge in [0.05, 0.1) is 99.7 Å². The number of fused-ring (bicyclic) bond motifs is 5. The van der Waals surface area contributed by atoms with Crippen LogP contribution < -0.4 is 16.0 Å². The van der Waals surface area contributed by atoms with Gasteiger partial charge in [0.25, 0.3) is 0 Å². The zero-order chi connectivity index (χ0) is 77.4. The van der Waals surface area contributed by atoms with Crippen LogP contribution >= 0.6 is 115 Å². The van der Waals surface area contributed by atoms with E-state index in [1.807, 2.05) is 70.2 Å². The second-order valence-electron chi connectivity index (χ2n) is 26.5. The number of anilines is 3. The van der Waals surface area contributed by atoms with Gasteiger partial charge in [-0.15, -0.1) is 115 Å². The van der Waals surface area contributed by atoms with Crippen molar-refractivity contribution in [2.24, 2.45) is 25.0 Å². The topological polar surface area (TPSA) is 293 Å². The summed E-state index contributed by atoms with van der Waals surface area (Å²) in [6, 6.07) is 29.4. The van der Waals surface area contributed by atoms with Gasteiger partial charge in [0.1, 0.15) is 73.8 Å². The molecule has 10 heterocycles. The third-order valence-corrected chi connectivity index (χ3v) is 28.5. The summed E-state index contributed by atoms with van der Waals surface area (Å²) in [5.74, 6) is 5.06. The number of nitrogens with one attached hydrogen (secondary N) is 1. The summed E-state index contributed by atoms with van der Waals surface area (Å²) in [6.45, 7) is 17.9. The third-order valence-electron chi connectivity index (χ3n) is 17.3. The standard InChI is InChI=1S/C17H22N2O3S2.C16H21N3O2S2.C15H19N3OS2.C15H18N2O3S2.C13H15N3OS2/c1-9(2)21-17(22-10(3)4)13-8-23-15(19-13)16-18-12-6-5-11(20)7-14(12)24-16;1-10(21-2)13-9-22-15(19-13)16-18-12-5-4-11(8-14(12)23-16)17-6-3-7-20;1-9(19-4)12-8-20-14(17-12)15-16-11-6-5-10(18(2)3)7-13(11)21-15;1-3-6-20-15(19-2)11-8-21-13(17-11)14-16-10-5-4-9(18)7-12(10)22-14;1-7(17-2)10-6-18-12(16-10)13-15-9-4-3-8(14)5-11(9)19-13/h5-7,9-10,13,17,20H,8H2,1-4H3;4-5,8,10,13,17,20H,3,6-7,9H2,1-2H3;5-7,9,12H,8H2,1-4H3;4-5,7,11,15,18H,3,6,8H2,1-2H3;3-5,7,10H,6,14H2,1-2H3. The molecule has 0 saturated heterocycles. The van der Waals surface area contributed by atoms with Gasteiger partial charge in [0.15, 0.2) is 12.6 Å². The van der Waals surface area contributed by atoms with E-state index < -0.39 is 0 Å². The minimum Gasteiger partial charge on any atom is -0.508 e. The number of nitrogens with zero attached hydrogens (tertiary/aromatic N) is 11. The van der Waals surface area contributed by atoms with Gasteiger partial charge in [-0.05, 0) is 152 Å². The molecule has 0 fully saturated rings. The summed E-state index contributed by atoms with van der Waals surface area (Å²) in [7, 11) is 10.9. The van der Waals surface area contributed by atoms with Gasteiger partial charge in [-0.2, -0.15) is 0 Å². The highest BCUT2D eigenvalue weighted by Gasteiger charge is 2.34. The van der Waals surface area contributed by atoms with Gasteiger partial charge >= 0.3 is 0 Å². The number of ether oxygens (including phenoxy) is 7. The van der Waals surface area contributed by atoms with Crippen molar-refractivity contribution >= 4 is 209 Å². The van der Waals surface area contributed by atoms with Crippen LogP contribution in [0.25, 0.3) is 51.1 Å². The minimum absolute atomic E-state index is 0.00281. The summed E-state index contributed by atoms with van der Waals surface area (Å²) in [5.41, 5.74) is 13.6. The van der Waals surface area contributed by atoms with Gasteiger partial charge in [-0.3, -0.25) is 25.0 Å². The smallest absolute Gasteiger partial charge is 0.181 e. The van der Waals surface area contributed by atoms with E-state index in [0.29, 0.717) is 6.61 Å². The third kappa shape index (κ3) is 22.6. The van der Waals surface area contributed by atoms with E-state index in [2.05, 4.69) is 91.2 Å². The molecule has 0 aliphatic carbocycles. The lowest BCUT2D eigenvalue weighted by Gasteiger charge is -2.25. The largest absolute Gasteiger partial charge is 0.508 e. The molecule has 33 heteroatoms. The molecule has 6 N–H and O–H groups in total. The predicted octanol–water partition coefficient (Wildman–Crippen LogP) is 16.3. The van der Waals surface area contributed by atoms with Crippen LogP contribution in [0, 0.1) is 0 Å². The number of thiazole rings is 5. The molecule has 0 radical (unpaired) electrons. The molecule has 5 aromatic carbocycles. The van der Waals surface area contributed by atoms with Crippen molar-refractivity contribution in [3.8, 4) is 11.5 Å². The molecule has 584 valence electrons. The maximum Gasteiger partial charge on any atom is 0.181 e. The van der Waals surface area contributed by atoms with Gasteiger partial charge in [0.2, 0.25) is 0 Å². The van der Waals surface area contributed by atoms with Gasteiger partial charge in [0, 0.05) is 108 Å². The van der Waals surface area contributed by atoms with Gasteiger partial charge in [-0.1, -0.05) is 6.92 Å². The normalized spacial score (nSPS) is 19.4. The molecule has 109 heavy (non-hydrogen) atoms. The van der Waals surface area contributed by atoms with Crippen LogP contribution in [0.5, 0.6) is 11.5 Å². The molecular formula is C76H95N13O10S10. The average Bonchev–Trinajstić information content (AvgIpc) is 1.69. The molecule has 0 saturated carbocycles. The number of aromatic nitrogens is 5. The Bertz CT molecular complexity index is 4820. The molecule has 5 aliphatic rings. The molecule has 5 aliphatic heterocycles. The van der Waals surface area contributed by atoms with Crippen molar-refractivity contribution in [1.29, 1.82) is 0 Å². The Morgan fingerprint density at radius 3 is 1.20 bits per heavy atom. The first kappa shape index (κ1) is 84.2. The summed E-state index contributed by atoms with van der Waals surface area (Å²) in [4.78, 5) is 49.2. The number of benzene rings is 5. The van der Waals surface area contributed by atoms with Crippen molar-refractivity contribution in [3.05, 3.63) is 116 Å². The van der Waals surface area contributed by atoms with E-state index >= 15 is 0 Å². The SMILES string of the molecule is CC(C)OC(OC(C)C)C1CSC(c2nc3ccc(O)cc3s2)=N1.CCCOC(OC)C1CSC(c2nc3ccc(O)cc3s2)=N1.COC(C)C1CSC(c2nc3ccc(N(C)C)cc3s2)=N1.COC(C)C1CSC(c2nc3ccc(N)cc3s2)=N1.COC(C)C1CSC(c2nc3ccc(NCCCO)cc3s2)=N1. The van der Waals surface area contributed by atoms with E-state index in [0.717, 1.165) is 156 Å². The Hall–Kier alpha value is -5.67. The van der Waals surface area contributed by atoms with Crippen LogP contribution in [0.2, 0.25) is 0 Å². The van der Waals surface area contributed by atoms with E-state index in [9.17, 15) is 10.2 Å². The Labute approximate surface area is 677 Å². The number of aliphatic imine (C=N–C) groups is 5. The highest BCUT2D eigenvalue weighted by atomic mass is 32.2. The Morgan fingerprint density at radius 2 is 0.817 bits per heavy atom. The summed E-state index contributed by atoms with van der Waals surface area (Å²) < 4.78 is 44.4. The number of rotatable bonds is 26. The summed E-state index contributed by atoms with van der Waals surface area (Å²) >= 11 is 16.8. The van der Waals surface area contributed by atoms with Gasteiger partial charge in [-0.25, -0.2) is 24.9 Å². The average molecular weight is 1670 g/mol. The second kappa shape index (κ2) is 40.4. The molecule has 5 aromatic heterocycles. The fraction of sp³-hybridized carbons (Fsp3) is 0.474. The van der Waals surface area contributed by atoms with E-state index in [1.165, 1.54) is 10.4 Å². The monoisotopic (exact) mass is 1670 g/mol. The van der Waals surface area contributed by atoms with Crippen LogP contribution in [0.4, 0.5) is 17.1 Å². The maximum atomic E-state index is 9.60. The Kier molecular flexibility index (Phi) is 31.2. The number of nitrogen functional groups attached to an aromatic ring is 1. The molecule has 10 aromatic rings. The number of aliphatic hydroxyl groups excluding tert-OH is 1. The van der Waals surface area contributed by atoms with Crippen molar-refractivity contribution in [3.63, 3.8) is 0 Å². The van der Waals surface area contributed by atoms with Crippen molar-refractivity contribution < 1.29 is 48.5 Å². The zero-order valence-corrected chi connectivity index (χ0v) is 71.6. The fourth-order valence-electron chi connectivity index (χ4n) is 11.1. The summed E-state index contributed by atoms with van der Waals surface area (Å²) in [5, 5.41) is 41.0. The lowest BCUT2D eigenvalue weighted by molar-refractivity contribution is -0.187. The highest BCUT2D eigenvalue weighted by Crippen LogP contribution is 2.39. The number of thioether (sulfide) groups is 5. The van der Waals surface area contributed by atoms with Crippen LogP contribution in [0.3, 0.4) is 0 Å². The number of phenols is 2. The lowest BCUT2D eigenvalue weighted by atomic mass is 10.2. The molecule has 0 amide bonds. The first-order valence-corrected chi connectivity index (χ1v) is 44.9. The van der Waals surface area contributed by atoms with E-state index in [1.54, 1.807) is 168 Å². The number of phenolic OH excluding ortho intramolecular Hbond substituents is 2. The molecule has 9 atom stereocenters. The van der Waals surface area contributed by atoms with Crippen molar-refractivity contribution in [1.82, 2.24) is 24.9 Å². The Morgan fingerprint density at radius 1 is 0.459 bits per heavy atom. The second-order valence-corrected chi connectivity index (χ2v) is 36.7. The molecule has 9 unspecified atom stereocenters. The number of hydrogen-bond donors (Lipinski definition) is 5. The molecule has 15 rings (SSSR count). The van der Waals surface area contributed by atoms with E-state index in [4.69, 9.17) is 78.9 Å². The minimum atomic E-state index is -0.339. The first-order valence-electron chi connectivity index (χ1n) is 35.9. The fourth-order valence-corrected chi connectivity index (χ4v) is 22.1. The predicted molar refractivity (Wildman–Crippen MR) is 467 cm³/mol. The van der Waals surface area contributed by atoms with Crippen LogP contribution in [0.1, 0.15) is 93.3 Å². The lowest BCUT2D eigenvalue weighted by Crippen LogP contribution is -2.35. The number of aromatic hydroxyl groups is 2. The molecule has 0 bridgehead atoms. The molecule has 0 spiro atoms. The van der Waals surface area contributed by atoms with Crippen molar-refractivity contribution in [2.45, 2.75) is 142 Å². The zero-order valence-electron chi connectivity index (χ0n) is 63.4. The van der Waals surface area contributed by atoms with E-state index in [-0.39, 0.29) is 91.4 Å². The van der Waals surface area contributed by atoms with Crippen LogP contribution in [-0.2, 0) is 33.2 Å². The maximum absolute atomic E-state index is 9.60. The van der Waals surface area contributed by atoms with Crippen molar-refractivity contribution in [2.75, 3.05) is 107 Å². The van der Waals surface area contributed by atoms with Gasteiger partial charge < -0.3 is 64.4 Å². The molecule has 23 nitrogen and oxygen atoms in total. The number of methoxy groups -OCH3 is 4. The van der Waals surface area contributed by atoms with Crippen LogP contribution in [0.15, 0.2) is 116 Å². The Balaban J connectivity index is 0.000000136. The molecular weight excluding hydrogens is 1580 g/mol.